The Labute approximate surface area is 176 Å². The van der Waals surface area contributed by atoms with E-state index in [1.807, 2.05) is 12.1 Å². The van der Waals surface area contributed by atoms with Crippen molar-refractivity contribution >= 4 is 62.3 Å². The van der Waals surface area contributed by atoms with Crippen molar-refractivity contribution in [2.24, 2.45) is 0 Å². The van der Waals surface area contributed by atoms with Crippen LogP contribution < -0.4 is 5.73 Å². The lowest BCUT2D eigenvalue weighted by Gasteiger charge is -2.22. The Hall–Kier alpha value is -1.05. The van der Waals surface area contributed by atoms with Crippen LogP contribution in [-0.2, 0) is 23.5 Å². The van der Waals surface area contributed by atoms with Gasteiger partial charge in [0.2, 0.25) is 0 Å². The number of benzene rings is 1. The normalized spacial score (nSPS) is 16.6. The second-order valence-corrected chi connectivity index (χ2v) is 9.40. The lowest BCUT2D eigenvalue weighted by atomic mass is 10.0. The van der Waals surface area contributed by atoms with Crippen LogP contribution in [0.1, 0.15) is 35.8 Å². The van der Waals surface area contributed by atoms with E-state index in [4.69, 9.17) is 38.7 Å². The molecule has 0 amide bonds. The number of halogens is 2. The van der Waals surface area contributed by atoms with Gasteiger partial charge >= 0.3 is 0 Å². The van der Waals surface area contributed by atoms with E-state index >= 15 is 0 Å². The van der Waals surface area contributed by atoms with Crippen LogP contribution in [0.25, 0.3) is 10.2 Å². The first-order valence-electron chi connectivity index (χ1n) is 8.81. The highest BCUT2D eigenvalue weighted by Crippen LogP contribution is 2.39. The van der Waals surface area contributed by atoms with Crippen molar-refractivity contribution in [3.05, 3.63) is 44.2 Å². The molecule has 0 unspecified atom stereocenters. The van der Waals surface area contributed by atoms with Crippen LogP contribution in [-0.4, -0.2) is 16.1 Å². The fraction of sp³-hybridized carbons (Fsp3) is 0.368. The lowest BCUT2D eigenvalue weighted by Crippen LogP contribution is -2.21. The smallest absolute Gasteiger partial charge is 0.191 e. The number of nitrogen functional groups attached to an aromatic ring is 1. The summed E-state index contributed by atoms with van der Waals surface area (Å²) >= 11 is 15.4. The minimum absolute atomic E-state index is 0.265. The molecule has 1 aliphatic heterocycles. The summed E-state index contributed by atoms with van der Waals surface area (Å²) in [6.07, 6.45) is 3.33. The fourth-order valence-corrected chi connectivity index (χ4v) is 5.88. The molecule has 2 N–H and O–H groups in total. The van der Waals surface area contributed by atoms with Crippen molar-refractivity contribution < 1.29 is 4.74 Å². The third-order valence-corrected chi connectivity index (χ3v) is 7.19. The van der Waals surface area contributed by atoms with Crippen molar-refractivity contribution in [3.8, 4) is 0 Å². The monoisotopic (exact) mass is 439 g/mol. The first kappa shape index (κ1) is 19.3. The maximum Gasteiger partial charge on any atom is 0.191 e. The summed E-state index contributed by atoms with van der Waals surface area (Å²) in [6.45, 7) is 2.82. The molecule has 0 saturated heterocycles. The van der Waals surface area contributed by atoms with Gasteiger partial charge in [-0.15, -0.1) is 11.3 Å². The molecule has 8 heteroatoms. The number of anilines is 1. The van der Waals surface area contributed by atoms with E-state index in [0.29, 0.717) is 33.4 Å². The predicted octanol–water partition coefficient (Wildman–Crippen LogP) is 6.11. The lowest BCUT2D eigenvalue weighted by molar-refractivity contribution is 0.0254. The topological polar surface area (TPSA) is 61.0 Å². The minimum Gasteiger partial charge on any atom is -0.383 e. The first-order chi connectivity index (χ1) is 13.0. The molecule has 1 aromatic carbocycles. The third kappa shape index (κ3) is 4.05. The highest BCUT2D eigenvalue weighted by Gasteiger charge is 2.25. The summed E-state index contributed by atoms with van der Waals surface area (Å²) in [5, 5.41) is 2.95. The van der Waals surface area contributed by atoms with E-state index in [1.54, 1.807) is 17.4 Å². The van der Waals surface area contributed by atoms with Crippen molar-refractivity contribution in [3.63, 3.8) is 0 Å². The fourth-order valence-electron chi connectivity index (χ4n) is 3.28. The molecule has 0 saturated carbocycles. The maximum absolute atomic E-state index is 6.32. The number of hydrogen-bond acceptors (Lipinski definition) is 6. The quantitative estimate of drug-likeness (QED) is 0.383. The molecule has 1 atom stereocenters. The number of nitrogens with two attached hydrogens (primary N) is 1. The van der Waals surface area contributed by atoms with Gasteiger partial charge in [-0.3, -0.25) is 0 Å². The largest absolute Gasteiger partial charge is 0.383 e. The molecule has 27 heavy (non-hydrogen) atoms. The molecule has 142 valence electrons. The van der Waals surface area contributed by atoms with E-state index in [1.165, 1.54) is 22.2 Å². The molecule has 3 aromatic rings. The van der Waals surface area contributed by atoms with Crippen molar-refractivity contribution in [2.45, 2.75) is 49.8 Å². The molecule has 4 rings (SSSR count). The van der Waals surface area contributed by atoms with Crippen LogP contribution in [0.4, 0.5) is 5.82 Å². The molecule has 0 radical (unpaired) electrons. The number of thiophene rings is 1. The van der Waals surface area contributed by atoms with Crippen LogP contribution in [0.15, 0.2) is 23.4 Å². The molecule has 4 nitrogen and oxygen atoms in total. The van der Waals surface area contributed by atoms with E-state index < -0.39 is 0 Å². The Morgan fingerprint density at radius 1 is 1.33 bits per heavy atom. The Bertz CT molecular complexity index is 993. The van der Waals surface area contributed by atoms with E-state index in [9.17, 15) is 0 Å². The molecule has 0 fully saturated rings. The molecule has 1 aliphatic rings. The molecule has 0 bridgehead atoms. The van der Waals surface area contributed by atoms with Gasteiger partial charge in [0.15, 0.2) is 5.16 Å². The summed E-state index contributed by atoms with van der Waals surface area (Å²) in [6, 6.07) is 5.51. The van der Waals surface area contributed by atoms with Crippen LogP contribution in [0.2, 0.25) is 10.0 Å². The Morgan fingerprint density at radius 3 is 2.96 bits per heavy atom. The minimum atomic E-state index is 0.265. The van der Waals surface area contributed by atoms with Gasteiger partial charge in [-0.2, -0.15) is 0 Å². The molecular weight excluding hydrogens is 421 g/mol. The number of nitrogens with zero attached hydrogens (tertiary/aromatic N) is 2. The third-order valence-electron chi connectivity index (χ3n) is 4.61. The van der Waals surface area contributed by atoms with Crippen molar-refractivity contribution in [2.75, 3.05) is 5.73 Å². The number of rotatable bonds is 5. The standard InChI is InChI=1S/C19H19Cl2N3OS2/c1-2-3-12-7-13-15(8-25-12)27-18-16(13)17(22)23-19(24-18)26-9-10-4-5-11(20)6-14(10)21/h4-6,12H,2-3,7-9H2,1H3,(H2,22,23,24)/t12-/m1/s1. The van der Waals surface area contributed by atoms with Gasteiger partial charge in [0.25, 0.3) is 0 Å². The summed E-state index contributed by atoms with van der Waals surface area (Å²) in [4.78, 5) is 11.4. The predicted molar refractivity (Wildman–Crippen MR) is 115 cm³/mol. The van der Waals surface area contributed by atoms with Gasteiger partial charge in [-0.05, 0) is 29.7 Å². The second-order valence-electron chi connectivity index (χ2n) is 6.53. The SMILES string of the molecule is CCC[C@@H]1Cc2c(sc3nc(SCc4ccc(Cl)cc4Cl)nc(N)c23)CO1. The highest BCUT2D eigenvalue weighted by molar-refractivity contribution is 7.98. The van der Waals surface area contributed by atoms with Crippen molar-refractivity contribution in [1.82, 2.24) is 9.97 Å². The number of ether oxygens (including phenoxy) is 1. The van der Waals surface area contributed by atoms with Gasteiger partial charge in [0.1, 0.15) is 10.6 Å². The average molecular weight is 440 g/mol. The van der Waals surface area contributed by atoms with Crippen LogP contribution in [0.3, 0.4) is 0 Å². The van der Waals surface area contributed by atoms with E-state index in [2.05, 4.69) is 11.9 Å². The molecule has 0 aliphatic carbocycles. The second kappa shape index (κ2) is 8.13. The summed E-state index contributed by atoms with van der Waals surface area (Å²) in [5.74, 6) is 1.22. The van der Waals surface area contributed by atoms with Crippen LogP contribution in [0.5, 0.6) is 0 Å². The Morgan fingerprint density at radius 2 is 2.19 bits per heavy atom. The maximum atomic E-state index is 6.32. The number of aromatic nitrogens is 2. The Kier molecular flexibility index (Phi) is 5.81. The molecule has 0 spiro atoms. The molecule has 2 aromatic heterocycles. The van der Waals surface area contributed by atoms with Crippen molar-refractivity contribution in [1.29, 1.82) is 0 Å². The molecule has 3 heterocycles. The van der Waals surface area contributed by atoms with Gasteiger partial charge in [0, 0.05) is 27.1 Å². The zero-order valence-electron chi connectivity index (χ0n) is 14.8. The average Bonchev–Trinajstić information content (AvgIpc) is 2.99. The Balaban J connectivity index is 1.59. The van der Waals surface area contributed by atoms with E-state index in [0.717, 1.165) is 35.0 Å². The van der Waals surface area contributed by atoms with Crippen LogP contribution >= 0.6 is 46.3 Å². The van der Waals surface area contributed by atoms with Gasteiger partial charge < -0.3 is 10.5 Å². The summed E-state index contributed by atoms with van der Waals surface area (Å²) in [7, 11) is 0. The number of fused-ring (bicyclic) bond motifs is 3. The van der Waals surface area contributed by atoms with Gasteiger partial charge in [0.05, 0.1) is 18.1 Å². The van der Waals surface area contributed by atoms with E-state index in [-0.39, 0.29) is 6.10 Å². The first-order valence-corrected chi connectivity index (χ1v) is 11.4. The summed E-state index contributed by atoms with van der Waals surface area (Å²) < 4.78 is 5.96. The number of thioether (sulfide) groups is 1. The molecular formula is C19H19Cl2N3OS2. The zero-order valence-corrected chi connectivity index (χ0v) is 17.9. The summed E-state index contributed by atoms with van der Waals surface area (Å²) in [5.41, 5.74) is 8.59. The van der Waals surface area contributed by atoms with Gasteiger partial charge in [-0.25, -0.2) is 9.97 Å². The van der Waals surface area contributed by atoms with Gasteiger partial charge in [-0.1, -0.05) is 54.4 Å². The van der Waals surface area contributed by atoms with Crippen LogP contribution in [0, 0.1) is 0 Å². The zero-order chi connectivity index (χ0) is 19.0. The highest BCUT2D eigenvalue weighted by atomic mass is 35.5. The number of hydrogen-bond donors (Lipinski definition) is 1.